The second-order valence-electron chi connectivity index (χ2n) is 12.0. The fraction of sp³-hybridized carbons (Fsp3) is 0.333. The molecule has 3 unspecified atom stereocenters. The molecule has 5 rings (SSSR count). The number of likely N-dealkylation sites (tertiary alicyclic amines) is 1. The van der Waals surface area contributed by atoms with Gasteiger partial charge in [0.15, 0.2) is 6.33 Å². The smallest absolute Gasteiger partial charge is 0.320 e. The van der Waals surface area contributed by atoms with Gasteiger partial charge in [-0.3, -0.25) is 14.5 Å². The summed E-state index contributed by atoms with van der Waals surface area (Å²) in [5, 5.41) is 14.9. The Kier molecular flexibility index (Phi) is 9.12. The standard InChI is InChI=1S/C33H38N8O4/c1-33(2,3)37-30(42)20-39-27(22-12-6-5-7-13-22)18-23(24-14-8-11-17-29(24)45-4)19-28(31(39)43)40(32(34)44)25-15-9-10-16-26(25)41-36-21-35-38-41/h5-17,21,23,27-28H,18-20H2,1-4H3,(H2,34,44)(H,37,42). The molecule has 0 saturated carbocycles. The monoisotopic (exact) mass is 610 g/mol. The van der Waals surface area contributed by atoms with Gasteiger partial charge >= 0.3 is 6.03 Å². The predicted octanol–water partition coefficient (Wildman–Crippen LogP) is 3.99. The van der Waals surface area contributed by atoms with Gasteiger partial charge in [-0.1, -0.05) is 60.7 Å². The average Bonchev–Trinajstić information content (AvgIpc) is 3.52. The molecule has 0 bridgehead atoms. The Bertz CT molecular complexity index is 1640. The third kappa shape index (κ3) is 6.95. The van der Waals surface area contributed by atoms with Crippen LogP contribution in [0.1, 0.15) is 56.7 Å². The van der Waals surface area contributed by atoms with Gasteiger partial charge in [-0.05, 0) is 74.1 Å². The third-order valence-corrected chi connectivity index (χ3v) is 7.81. The number of para-hydroxylation sites is 3. The van der Waals surface area contributed by atoms with Gasteiger partial charge < -0.3 is 20.7 Å². The summed E-state index contributed by atoms with van der Waals surface area (Å²) in [7, 11) is 1.60. The highest BCUT2D eigenvalue weighted by Crippen LogP contribution is 2.43. The van der Waals surface area contributed by atoms with Gasteiger partial charge in [0.2, 0.25) is 11.8 Å². The van der Waals surface area contributed by atoms with Gasteiger partial charge in [-0.2, -0.15) is 0 Å². The minimum Gasteiger partial charge on any atom is -0.496 e. The van der Waals surface area contributed by atoms with E-state index >= 15 is 0 Å². The fourth-order valence-electron chi connectivity index (χ4n) is 6.03. The Morgan fingerprint density at radius 2 is 1.69 bits per heavy atom. The van der Waals surface area contributed by atoms with E-state index in [2.05, 4.69) is 20.7 Å². The number of rotatable bonds is 8. The lowest BCUT2D eigenvalue weighted by molar-refractivity contribution is -0.139. The highest BCUT2D eigenvalue weighted by atomic mass is 16.5. The number of nitrogens with one attached hydrogen (secondary N) is 1. The molecule has 12 heteroatoms. The van der Waals surface area contributed by atoms with E-state index < -0.39 is 29.6 Å². The predicted molar refractivity (Wildman–Crippen MR) is 169 cm³/mol. The number of aromatic nitrogens is 4. The number of carbonyl (C=O) groups excluding carboxylic acids is 3. The molecule has 12 nitrogen and oxygen atoms in total. The zero-order valence-corrected chi connectivity index (χ0v) is 25.8. The fourth-order valence-corrected chi connectivity index (χ4v) is 6.03. The third-order valence-electron chi connectivity index (χ3n) is 7.81. The van der Waals surface area contributed by atoms with Crippen LogP contribution in [-0.4, -0.2) is 68.2 Å². The average molecular weight is 611 g/mol. The van der Waals surface area contributed by atoms with Gasteiger partial charge in [0.1, 0.15) is 24.0 Å². The molecule has 0 spiro atoms. The number of amides is 4. The number of hydrogen-bond donors (Lipinski definition) is 2. The van der Waals surface area contributed by atoms with Gasteiger partial charge in [-0.25, -0.2) is 4.79 Å². The van der Waals surface area contributed by atoms with E-state index in [9.17, 15) is 14.4 Å². The number of nitrogens with two attached hydrogens (primary N) is 1. The summed E-state index contributed by atoms with van der Waals surface area (Å²) in [6.07, 6.45) is 1.95. The second kappa shape index (κ2) is 13.2. The van der Waals surface area contributed by atoms with Crippen molar-refractivity contribution in [3.8, 4) is 11.4 Å². The Hall–Kier alpha value is -5.26. The number of methoxy groups -OCH3 is 1. The number of carbonyl (C=O) groups is 3. The summed E-state index contributed by atoms with van der Waals surface area (Å²) in [6, 6.07) is 21.8. The van der Waals surface area contributed by atoms with Crippen LogP contribution >= 0.6 is 0 Å². The number of hydrogen-bond acceptors (Lipinski definition) is 7. The van der Waals surface area contributed by atoms with Gasteiger partial charge in [-0.15, -0.1) is 15.0 Å². The van der Waals surface area contributed by atoms with Gasteiger partial charge in [0.25, 0.3) is 0 Å². The molecule has 4 aromatic rings. The van der Waals surface area contributed by atoms with Crippen molar-refractivity contribution in [2.75, 3.05) is 18.6 Å². The topological polar surface area (TPSA) is 149 Å². The zero-order valence-electron chi connectivity index (χ0n) is 25.8. The van der Waals surface area contributed by atoms with Crippen molar-refractivity contribution in [2.45, 2.75) is 57.2 Å². The molecule has 0 radical (unpaired) electrons. The number of tetrazole rings is 1. The van der Waals surface area contributed by atoms with Crippen molar-refractivity contribution >= 4 is 23.5 Å². The lowest BCUT2D eigenvalue weighted by Gasteiger charge is -2.36. The highest BCUT2D eigenvalue weighted by Gasteiger charge is 2.44. The first-order valence-corrected chi connectivity index (χ1v) is 14.8. The number of primary amides is 1. The van der Waals surface area contributed by atoms with Gasteiger partial charge in [0, 0.05) is 5.54 Å². The molecule has 1 saturated heterocycles. The molecule has 3 N–H and O–H groups in total. The van der Waals surface area contributed by atoms with E-state index in [4.69, 9.17) is 10.5 Å². The molecule has 3 atom stereocenters. The molecule has 4 amide bonds. The van der Waals surface area contributed by atoms with Crippen LogP contribution < -0.4 is 20.7 Å². The molecule has 234 valence electrons. The molecule has 1 fully saturated rings. The second-order valence-corrected chi connectivity index (χ2v) is 12.0. The van der Waals surface area contributed by atoms with Crippen LogP contribution in [-0.2, 0) is 9.59 Å². The first-order valence-electron chi connectivity index (χ1n) is 14.8. The van der Waals surface area contributed by atoms with E-state index in [1.54, 1.807) is 36.3 Å². The van der Waals surface area contributed by atoms with Crippen molar-refractivity contribution in [3.05, 3.63) is 96.3 Å². The summed E-state index contributed by atoms with van der Waals surface area (Å²) in [5.41, 5.74) is 8.08. The molecule has 1 aliphatic rings. The van der Waals surface area contributed by atoms with Crippen LogP contribution in [0.2, 0.25) is 0 Å². The van der Waals surface area contributed by atoms with Crippen LogP contribution in [0.5, 0.6) is 5.75 Å². The molecule has 1 aliphatic heterocycles. The van der Waals surface area contributed by atoms with Crippen LogP contribution in [0.4, 0.5) is 10.5 Å². The summed E-state index contributed by atoms with van der Waals surface area (Å²) in [6.45, 7) is 5.43. The zero-order chi connectivity index (χ0) is 32.1. The van der Waals surface area contributed by atoms with E-state index in [1.807, 2.05) is 75.4 Å². The Morgan fingerprint density at radius 3 is 2.36 bits per heavy atom. The molecule has 3 aromatic carbocycles. The van der Waals surface area contributed by atoms with Crippen molar-refractivity contribution in [2.24, 2.45) is 5.73 Å². The van der Waals surface area contributed by atoms with Crippen LogP contribution in [0, 0.1) is 0 Å². The van der Waals surface area contributed by atoms with E-state index in [1.165, 1.54) is 16.0 Å². The molecule has 2 heterocycles. The summed E-state index contributed by atoms with van der Waals surface area (Å²) in [5.74, 6) is -0.332. The lowest BCUT2D eigenvalue weighted by Crippen LogP contribution is -2.55. The largest absolute Gasteiger partial charge is 0.496 e. The van der Waals surface area contributed by atoms with Crippen LogP contribution in [0.15, 0.2) is 85.2 Å². The first kappa shape index (κ1) is 31.2. The SMILES string of the molecule is COc1ccccc1C1CC(c2ccccc2)N(CC(=O)NC(C)(C)C)C(=O)C(N(C(N)=O)c2ccccc2-n2ncnn2)C1. The van der Waals surface area contributed by atoms with E-state index in [-0.39, 0.29) is 24.8 Å². The van der Waals surface area contributed by atoms with Crippen LogP contribution in [0.25, 0.3) is 5.69 Å². The summed E-state index contributed by atoms with van der Waals surface area (Å²) >= 11 is 0. The number of benzene rings is 3. The highest BCUT2D eigenvalue weighted by molar-refractivity contribution is 6.01. The van der Waals surface area contributed by atoms with Crippen molar-refractivity contribution in [3.63, 3.8) is 0 Å². The van der Waals surface area contributed by atoms with Crippen molar-refractivity contribution in [1.82, 2.24) is 30.4 Å². The minimum atomic E-state index is -1.08. The molecule has 0 aliphatic carbocycles. The summed E-state index contributed by atoms with van der Waals surface area (Å²) in [4.78, 5) is 45.9. The Labute approximate surface area is 262 Å². The lowest BCUT2D eigenvalue weighted by atomic mass is 9.85. The van der Waals surface area contributed by atoms with Crippen LogP contribution in [0.3, 0.4) is 0 Å². The quantitative estimate of drug-likeness (QED) is 0.307. The van der Waals surface area contributed by atoms with Crippen molar-refractivity contribution < 1.29 is 19.1 Å². The minimum absolute atomic E-state index is 0.210. The Balaban J connectivity index is 1.69. The number of nitrogens with zero attached hydrogens (tertiary/aromatic N) is 6. The molecule has 45 heavy (non-hydrogen) atoms. The van der Waals surface area contributed by atoms with Crippen molar-refractivity contribution in [1.29, 1.82) is 0 Å². The number of ether oxygens (including phenoxy) is 1. The maximum Gasteiger partial charge on any atom is 0.320 e. The molecule has 1 aromatic heterocycles. The summed E-state index contributed by atoms with van der Waals surface area (Å²) < 4.78 is 5.75. The molecular formula is C33H38N8O4. The normalized spacial score (nSPS) is 18.6. The number of anilines is 1. The Morgan fingerprint density at radius 1 is 1.00 bits per heavy atom. The molecular weight excluding hydrogens is 572 g/mol. The maximum absolute atomic E-state index is 14.9. The van der Waals surface area contributed by atoms with Gasteiger partial charge in [0.05, 0.1) is 18.8 Å². The van der Waals surface area contributed by atoms with E-state index in [0.717, 1.165) is 11.1 Å². The van der Waals surface area contributed by atoms with E-state index in [0.29, 0.717) is 23.5 Å². The maximum atomic E-state index is 14.9. The first-order chi connectivity index (χ1) is 21.6. The number of urea groups is 1.